The lowest BCUT2D eigenvalue weighted by Crippen LogP contribution is -1.97. The van der Waals surface area contributed by atoms with Crippen LogP contribution in [0.4, 0.5) is 0 Å². The summed E-state index contributed by atoms with van der Waals surface area (Å²) in [4.78, 5) is 0. The number of hydrogen-bond acceptors (Lipinski definition) is 0. The molecule has 0 amide bonds. The normalized spacial score (nSPS) is 11.9. The monoisotopic (exact) mass is 490 g/mol. The van der Waals surface area contributed by atoms with Crippen molar-refractivity contribution >= 4 is 26.2 Å². The Morgan fingerprint density at radius 2 is 0.897 bits per heavy atom. The smallest absolute Gasteiger partial charge is 0.00830 e. The Hall–Kier alpha value is 0.650. The predicted octanol–water partition coefficient (Wildman–Crippen LogP) is 11.0. The summed E-state index contributed by atoms with van der Waals surface area (Å²) >= 11 is 0. The van der Waals surface area contributed by atoms with Crippen LogP contribution in [0.1, 0.15) is 156 Å². The van der Waals surface area contributed by atoms with Gasteiger partial charge in [-0.25, -0.2) is 0 Å². The van der Waals surface area contributed by atoms with Gasteiger partial charge >= 0.3 is 0 Å². The van der Waals surface area contributed by atoms with E-state index in [-0.39, 0.29) is 17.0 Å². The molecule has 0 nitrogen and oxygen atoms in total. The molecule has 2 heteroatoms. The Balaban J connectivity index is 0. The van der Waals surface area contributed by atoms with E-state index in [2.05, 4.69) is 36.1 Å². The number of halogens is 1. The summed E-state index contributed by atoms with van der Waals surface area (Å²) in [7, 11) is 3.14. The van der Waals surface area contributed by atoms with Crippen LogP contribution in [0.25, 0.3) is 0 Å². The average Bonchev–Trinajstić information content (AvgIpc) is 2.69. The minimum atomic E-state index is 0. The van der Waals surface area contributed by atoms with Crippen LogP contribution < -0.4 is 0 Å². The molecule has 0 radical (unpaired) electrons. The van der Waals surface area contributed by atoms with Gasteiger partial charge in [0, 0.05) is 0 Å². The van der Waals surface area contributed by atoms with Gasteiger partial charge in [0.2, 0.25) is 0 Å². The maximum absolute atomic E-state index is 3.14. The second kappa shape index (κ2) is 26.7. The highest BCUT2D eigenvalue weighted by Gasteiger charge is 2.04. The van der Waals surface area contributed by atoms with E-state index in [9.17, 15) is 0 Å². The molecule has 0 N–H and O–H groups in total. The van der Waals surface area contributed by atoms with Crippen molar-refractivity contribution in [1.82, 2.24) is 0 Å². The Morgan fingerprint density at radius 1 is 0.552 bits per heavy atom. The van der Waals surface area contributed by atoms with Gasteiger partial charge in [0.25, 0.3) is 0 Å². The molecule has 0 spiro atoms. The summed E-state index contributed by atoms with van der Waals surface area (Å²) in [5, 5.41) is 0. The lowest BCUT2D eigenvalue weighted by molar-refractivity contribution is 0.579. The van der Waals surface area contributed by atoms with Crippen LogP contribution in [0.15, 0.2) is 11.6 Å². The Bertz CT molecular complexity index is 308. The van der Waals surface area contributed by atoms with E-state index in [1.807, 2.05) is 0 Å². The molecule has 0 aromatic heterocycles. The second-order valence-electron chi connectivity index (χ2n) is 9.08. The summed E-state index contributed by atoms with van der Waals surface area (Å²) in [6.45, 7) is 6.92. The first-order valence-corrected chi connectivity index (χ1v) is 13.9. The second-order valence-corrected chi connectivity index (χ2v) is 9.94. The summed E-state index contributed by atoms with van der Waals surface area (Å²) in [6, 6.07) is 0. The van der Waals surface area contributed by atoms with E-state index < -0.39 is 0 Å². The van der Waals surface area contributed by atoms with E-state index in [1.54, 1.807) is 5.57 Å². The van der Waals surface area contributed by atoms with Crippen LogP contribution in [-0.4, -0.2) is 5.66 Å². The van der Waals surface area contributed by atoms with Crippen LogP contribution >= 0.6 is 26.2 Å². The van der Waals surface area contributed by atoms with Crippen molar-refractivity contribution in [3.05, 3.63) is 11.6 Å². The molecule has 0 aromatic carbocycles. The average molecular weight is 492 g/mol. The molecular formula is C27H56BrP. The van der Waals surface area contributed by atoms with Crippen LogP contribution in [-0.2, 0) is 0 Å². The Kier molecular flexibility index (Phi) is 29.3. The minimum Gasteiger partial charge on any atom is -0.130 e. The number of allylic oxidation sites excluding steroid dienone is 2. The molecule has 0 bridgehead atoms. The minimum absolute atomic E-state index is 0. The summed E-state index contributed by atoms with van der Waals surface area (Å²) < 4.78 is 0. The summed E-state index contributed by atoms with van der Waals surface area (Å²) in [5.74, 6) is 0. The molecule has 0 fully saturated rings. The van der Waals surface area contributed by atoms with Gasteiger partial charge in [-0.2, -0.15) is 0 Å². The van der Waals surface area contributed by atoms with Gasteiger partial charge in [-0.1, -0.05) is 135 Å². The zero-order valence-corrected chi connectivity index (χ0v) is 23.4. The topological polar surface area (TPSA) is 0 Å². The molecule has 0 rings (SSSR count). The Labute approximate surface area is 198 Å². The van der Waals surface area contributed by atoms with Crippen molar-refractivity contribution < 1.29 is 0 Å². The van der Waals surface area contributed by atoms with Crippen molar-refractivity contribution in [2.45, 2.75) is 161 Å². The van der Waals surface area contributed by atoms with Crippen LogP contribution in [0.3, 0.4) is 0 Å². The number of hydrogen-bond donors (Lipinski definition) is 0. The van der Waals surface area contributed by atoms with Crippen molar-refractivity contribution in [3.8, 4) is 0 Å². The molecule has 0 aliphatic heterocycles. The van der Waals surface area contributed by atoms with E-state index in [0.29, 0.717) is 5.66 Å². The third-order valence-electron chi connectivity index (χ3n) is 6.04. The van der Waals surface area contributed by atoms with Gasteiger partial charge in [0.1, 0.15) is 0 Å². The van der Waals surface area contributed by atoms with E-state index >= 15 is 0 Å². The SMILES string of the molecule is Br.CCCCCCCCC(=CC(P)CCCCCCCC)CCCCCCCC. The molecular weight excluding hydrogens is 435 g/mol. The molecule has 0 heterocycles. The molecule has 0 aliphatic carbocycles. The lowest BCUT2D eigenvalue weighted by Gasteiger charge is -2.13. The maximum atomic E-state index is 3.14. The van der Waals surface area contributed by atoms with Crippen molar-refractivity contribution in [1.29, 1.82) is 0 Å². The highest BCUT2D eigenvalue weighted by atomic mass is 79.9. The Morgan fingerprint density at radius 3 is 1.31 bits per heavy atom. The zero-order chi connectivity index (χ0) is 20.7. The molecule has 2 unspecified atom stereocenters. The van der Waals surface area contributed by atoms with Crippen molar-refractivity contribution in [2.75, 3.05) is 0 Å². The van der Waals surface area contributed by atoms with Gasteiger partial charge in [0.05, 0.1) is 0 Å². The fourth-order valence-electron chi connectivity index (χ4n) is 4.10. The van der Waals surface area contributed by atoms with Gasteiger partial charge in [0.15, 0.2) is 0 Å². The summed E-state index contributed by atoms with van der Waals surface area (Å²) in [5.41, 5.74) is 2.48. The molecule has 0 aliphatic rings. The zero-order valence-electron chi connectivity index (χ0n) is 20.5. The maximum Gasteiger partial charge on any atom is -0.00830 e. The molecule has 0 aromatic rings. The van der Waals surface area contributed by atoms with Crippen LogP contribution in [0.5, 0.6) is 0 Å². The van der Waals surface area contributed by atoms with E-state index in [0.717, 1.165) is 0 Å². The first-order valence-electron chi connectivity index (χ1n) is 13.2. The van der Waals surface area contributed by atoms with Crippen LogP contribution in [0.2, 0.25) is 0 Å². The largest absolute Gasteiger partial charge is 0.130 e. The van der Waals surface area contributed by atoms with E-state index in [4.69, 9.17) is 0 Å². The standard InChI is InChI=1S/C27H55P.BrH/c1-4-7-10-13-16-19-22-26(23-20-17-14-11-8-5-2)25-27(28)24-21-18-15-12-9-6-3;/h25,27H,4-24,28H2,1-3H3;1H. The molecule has 0 saturated carbocycles. The first-order chi connectivity index (χ1) is 13.7. The van der Waals surface area contributed by atoms with Gasteiger partial charge in [-0.15, -0.1) is 26.2 Å². The van der Waals surface area contributed by atoms with Gasteiger partial charge in [-0.3, -0.25) is 0 Å². The number of unbranched alkanes of at least 4 members (excludes halogenated alkanes) is 15. The quantitative estimate of drug-likeness (QED) is 0.0802. The fourth-order valence-corrected chi connectivity index (χ4v) is 4.61. The first kappa shape index (κ1) is 31.8. The summed E-state index contributed by atoms with van der Waals surface area (Å²) in [6.07, 6.45) is 32.3. The molecule has 176 valence electrons. The third kappa shape index (κ3) is 24.8. The predicted molar refractivity (Wildman–Crippen MR) is 146 cm³/mol. The fraction of sp³-hybridized carbons (Fsp3) is 0.926. The van der Waals surface area contributed by atoms with Crippen molar-refractivity contribution in [2.24, 2.45) is 0 Å². The molecule has 29 heavy (non-hydrogen) atoms. The van der Waals surface area contributed by atoms with Gasteiger partial charge in [-0.05, 0) is 37.8 Å². The molecule has 0 saturated heterocycles. The van der Waals surface area contributed by atoms with Gasteiger partial charge < -0.3 is 0 Å². The van der Waals surface area contributed by atoms with Crippen LogP contribution in [0, 0.1) is 0 Å². The number of rotatable bonds is 22. The molecule has 2 atom stereocenters. The van der Waals surface area contributed by atoms with Crippen molar-refractivity contribution in [3.63, 3.8) is 0 Å². The highest BCUT2D eigenvalue weighted by Crippen LogP contribution is 2.23. The third-order valence-corrected chi connectivity index (χ3v) is 6.57. The van der Waals surface area contributed by atoms with E-state index in [1.165, 1.54) is 135 Å². The highest BCUT2D eigenvalue weighted by molar-refractivity contribution is 8.93. The lowest BCUT2D eigenvalue weighted by atomic mass is 9.97.